The highest BCUT2D eigenvalue weighted by Gasteiger charge is 2.27. The van der Waals surface area contributed by atoms with Gasteiger partial charge in [-0.3, -0.25) is 4.79 Å². The van der Waals surface area contributed by atoms with E-state index in [0.717, 1.165) is 50.9 Å². The third kappa shape index (κ3) is 4.71. The zero-order valence-electron chi connectivity index (χ0n) is 14.8. The second-order valence-corrected chi connectivity index (χ2v) is 7.13. The van der Waals surface area contributed by atoms with Crippen LogP contribution in [0.1, 0.15) is 38.5 Å². The zero-order chi connectivity index (χ0) is 18.5. The minimum Gasteiger partial charge on any atom is -0.343 e. The van der Waals surface area contributed by atoms with E-state index in [9.17, 15) is 18.4 Å². The van der Waals surface area contributed by atoms with Gasteiger partial charge in [-0.15, -0.1) is 0 Å². The van der Waals surface area contributed by atoms with Gasteiger partial charge in [-0.1, -0.05) is 0 Å². The summed E-state index contributed by atoms with van der Waals surface area (Å²) in [5.74, 6) is -0.961. The van der Waals surface area contributed by atoms with E-state index in [1.54, 1.807) is 4.90 Å². The number of halogens is 2. The summed E-state index contributed by atoms with van der Waals surface area (Å²) in [4.78, 5) is 28.2. The number of benzene rings is 1. The summed E-state index contributed by atoms with van der Waals surface area (Å²) in [6.45, 7) is 2.80. The monoisotopic (exact) mass is 365 g/mol. The van der Waals surface area contributed by atoms with Crippen LogP contribution in [0.3, 0.4) is 0 Å². The van der Waals surface area contributed by atoms with E-state index in [-0.39, 0.29) is 17.5 Å². The molecule has 2 aliphatic heterocycles. The average molecular weight is 365 g/mol. The molecule has 142 valence electrons. The Bertz CT molecular complexity index is 654. The Labute approximate surface area is 152 Å². The minimum atomic E-state index is -0.791. The van der Waals surface area contributed by atoms with Crippen LogP contribution in [0.4, 0.5) is 19.3 Å². The van der Waals surface area contributed by atoms with Crippen LogP contribution < -0.4 is 5.32 Å². The van der Waals surface area contributed by atoms with Crippen LogP contribution in [0, 0.1) is 17.6 Å². The number of nitrogens with one attached hydrogen (secondary N) is 1. The molecule has 26 heavy (non-hydrogen) atoms. The normalized spacial score (nSPS) is 18.7. The molecule has 2 aliphatic rings. The first-order chi connectivity index (χ1) is 12.5. The fourth-order valence-corrected chi connectivity index (χ4v) is 3.64. The van der Waals surface area contributed by atoms with E-state index >= 15 is 0 Å². The fraction of sp³-hybridized carbons (Fsp3) is 0.579. The number of carbonyl (C=O) groups is 2. The number of carbonyl (C=O) groups excluding carboxylic acids is 2. The van der Waals surface area contributed by atoms with Crippen molar-refractivity contribution in [1.29, 1.82) is 0 Å². The Morgan fingerprint density at radius 1 is 1.00 bits per heavy atom. The first-order valence-corrected chi connectivity index (χ1v) is 9.31. The van der Waals surface area contributed by atoms with Crippen LogP contribution in [0.2, 0.25) is 0 Å². The van der Waals surface area contributed by atoms with E-state index in [0.29, 0.717) is 19.5 Å². The number of likely N-dealkylation sites (tertiary alicyclic amines) is 2. The van der Waals surface area contributed by atoms with Gasteiger partial charge >= 0.3 is 6.03 Å². The standard InChI is InChI=1S/C19H25F2N3O2/c20-15-4-5-17(16(21)13-15)22-19(26)24-10-6-14(7-11-24)12-18(25)23-8-2-1-3-9-23/h4-5,13-14H,1-3,6-12H2,(H,22,26). The van der Waals surface area contributed by atoms with Gasteiger partial charge in [0.25, 0.3) is 0 Å². The summed E-state index contributed by atoms with van der Waals surface area (Å²) in [7, 11) is 0. The highest BCUT2D eigenvalue weighted by atomic mass is 19.1. The highest BCUT2D eigenvalue weighted by molar-refractivity contribution is 5.89. The molecule has 0 unspecified atom stereocenters. The van der Waals surface area contributed by atoms with Crippen molar-refractivity contribution in [3.05, 3.63) is 29.8 Å². The molecule has 0 atom stereocenters. The minimum absolute atomic E-state index is 0.0289. The summed E-state index contributed by atoms with van der Waals surface area (Å²) in [6, 6.07) is 2.67. The molecule has 0 saturated carbocycles. The molecular weight excluding hydrogens is 340 g/mol. The van der Waals surface area contributed by atoms with Gasteiger partial charge in [-0.25, -0.2) is 13.6 Å². The molecule has 0 radical (unpaired) electrons. The van der Waals surface area contributed by atoms with E-state index in [1.807, 2.05) is 4.90 Å². The lowest BCUT2D eigenvalue weighted by Crippen LogP contribution is -2.43. The van der Waals surface area contributed by atoms with Crippen molar-refractivity contribution in [2.75, 3.05) is 31.5 Å². The van der Waals surface area contributed by atoms with Gasteiger partial charge in [0.2, 0.25) is 5.91 Å². The van der Waals surface area contributed by atoms with E-state index in [1.165, 1.54) is 12.5 Å². The quantitative estimate of drug-likeness (QED) is 0.890. The van der Waals surface area contributed by atoms with Gasteiger partial charge in [0.05, 0.1) is 5.69 Å². The molecule has 0 bridgehead atoms. The summed E-state index contributed by atoms with van der Waals surface area (Å²) in [5.41, 5.74) is -0.0289. The van der Waals surface area contributed by atoms with Gasteiger partial charge in [-0.2, -0.15) is 0 Å². The smallest absolute Gasteiger partial charge is 0.321 e. The average Bonchev–Trinajstić information content (AvgIpc) is 2.65. The van der Waals surface area contributed by atoms with Crippen LogP contribution in [0.15, 0.2) is 18.2 Å². The third-order valence-corrected chi connectivity index (χ3v) is 5.25. The molecule has 2 fully saturated rings. The second-order valence-electron chi connectivity index (χ2n) is 7.13. The second kappa shape index (κ2) is 8.47. The number of urea groups is 1. The van der Waals surface area contributed by atoms with Crippen LogP contribution in [-0.2, 0) is 4.79 Å². The van der Waals surface area contributed by atoms with Gasteiger partial charge in [0.15, 0.2) is 0 Å². The lowest BCUT2D eigenvalue weighted by molar-refractivity contribution is -0.133. The maximum Gasteiger partial charge on any atom is 0.321 e. The van der Waals surface area contributed by atoms with Crippen LogP contribution in [-0.4, -0.2) is 47.9 Å². The number of piperidine rings is 2. The molecule has 1 aromatic carbocycles. The Hall–Kier alpha value is -2.18. The Morgan fingerprint density at radius 3 is 2.35 bits per heavy atom. The van der Waals surface area contributed by atoms with E-state index < -0.39 is 17.7 Å². The third-order valence-electron chi connectivity index (χ3n) is 5.25. The van der Waals surface area contributed by atoms with Crippen molar-refractivity contribution in [3.8, 4) is 0 Å². The van der Waals surface area contributed by atoms with E-state index in [4.69, 9.17) is 0 Å². The number of nitrogens with zero attached hydrogens (tertiary/aromatic N) is 2. The first kappa shape index (κ1) is 18.6. The Kier molecular flexibility index (Phi) is 6.06. The SMILES string of the molecule is O=C(CC1CCN(C(=O)Nc2ccc(F)cc2F)CC1)N1CCCCC1. The Morgan fingerprint density at radius 2 is 1.69 bits per heavy atom. The topological polar surface area (TPSA) is 52.7 Å². The van der Waals surface area contributed by atoms with Crippen molar-refractivity contribution in [1.82, 2.24) is 9.80 Å². The summed E-state index contributed by atoms with van der Waals surface area (Å²) in [6.07, 6.45) is 5.44. The van der Waals surface area contributed by atoms with Crippen molar-refractivity contribution in [3.63, 3.8) is 0 Å². The molecule has 3 amide bonds. The first-order valence-electron chi connectivity index (χ1n) is 9.31. The number of anilines is 1. The molecule has 0 aliphatic carbocycles. The molecule has 2 heterocycles. The van der Waals surface area contributed by atoms with Crippen LogP contribution >= 0.6 is 0 Å². The molecule has 3 rings (SSSR count). The molecule has 1 aromatic rings. The van der Waals surface area contributed by atoms with Gasteiger partial charge < -0.3 is 15.1 Å². The predicted molar refractivity (Wildman–Crippen MR) is 94.7 cm³/mol. The molecule has 1 N–H and O–H groups in total. The maximum atomic E-state index is 13.6. The molecule has 2 saturated heterocycles. The van der Waals surface area contributed by atoms with E-state index in [2.05, 4.69) is 5.32 Å². The number of hydrogen-bond donors (Lipinski definition) is 1. The molecule has 0 spiro atoms. The fourth-order valence-electron chi connectivity index (χ4n) is 3.64. The largest absolute Gasteiger partial charge is 0.343 e. The number of amides is 3. The van der Waals surface area contributed by atoms with Gasteiger partial charge in [0, 0.05) is 38.7 Å². The summed E-state index contributed by atoms with van der Waals surface area (Å²) >= 11 is 0. The lowest BCUT2D eigenvalue weighted by atomic mass is 9.93. The number of rotatable bonds is 3. The Balaban J connectivity index is 1.45. The van der Waals surface area contributed by atoms with Gasteiger partial charge in [-0.05, 0) is 50.2 Å². The predicted octanol–water partition coefficient (Wildman–Crippen LogP) is 3.61. The highest BCUT2D eigenvalue weighted by Crippen LogP contribution is 2.23. The summed E-state index contributed by atoms with van der Waals surface area (Å²) < 4.78 is 26.6. The zero-order valence-corrected chi connectivity index (χ0v) is 14.8. The van der Waals surface area contributed by atoms with Crippen molar-refractivity contribution in [2.24, 2.45) is 5.92 Å². The van der Waals surface area contributed by atoms with Crippen LogP contribution in [0.25, 0.3) is 0 Å². The van der Waals surface area contributed by atoms with Crippen molar-refractivity contribution in [2.45, 2.75) is 38.5 Å². The molecular formula is C19H25F2N3O2. The molecule has 5 nitrogen and oxygen atoms in total. The number of hydrogen-bond acceptors (Lipinski definition) is 2. The van der Waals surface area contributed by atoms with Crippen molar-refractivity contribution >= 4 is 17.6 Å². The lowest BCUT2D eigenvalue weighted by Gasteiger charge is -2.33. The molecule has 0 aromatic heterocycles. The van der Waals surface area contributed by atoms with Crippen molar-refractivity contribution < 1.29 is 18.4 Å². The maximum absolute atomic E-state index is 13.6. The summed E-state index contributed by atoms with van der Waals surface area (Å²) in [5, 5.41) is 2.48. The van der Waals surface area contributed by atoms with Gasteiger partial charge in [0.1, 0.15) is 11.6 Å². The molecule has 7 heteroatoms. The van der Waals surface area contributed by atoms with Crippen LogP contribution in [0.5, 0.6) is 0 Å².